The van der Waals surface area contributed by atoms with E-state index in [1.807, 2.05) is 6.92 Å². The molecule has 0 aromatic heterocycles. The van der Waals surface area contributed by atoms with Crippen LogP contribution in [-0.2, 0) is 9.84 Å². The summed E-state index contributed by atoms with van der Waals surface area (Å²) < 4.78 is 22.5. The van der Waals surface area contributed by atoms with Crippen LogP contribution in [0.2, 0.25) is 0 Å². The van der Waals surface area contributed by atoms with Gasteiger partial charge in [0.2, 0.25) is 0 Å². The van der Waals surface area contributed by atoms with Crippen molar-refractivity contribution >= 4 is 39.8 Å². The van der Waals surface area contributed by atoms with E-state index < -0.39 is 9.84 Å². The summed E-state index contributed by atoms with van der Waals surface area (Å²) in [4.78, 5) is 4.77. The molecule has 23 heavy (non-hydrogen) atoms. The molecule has 0 aromatic carbocycles. The molecule has 5 nitrogen and oxygen atoms in total. The van der Waals surface area contributed by atoms with Gasteiger partial charge in [0.1, 0.15) is 9.84 Å². The number of hydrogen-bond acceptors (Lipinski definition) is 3. The van der Waals surface area contributed by atoms with Crippen molar-refractivity contribution in [2.45, 2.75) is 52.0 Å². The van der Waals surface area contributed by atoms with Crippen molar-refractivity contribution in [1.29, 1.82) is 0 Å². The fraction of sp³-hybridized carbons (Fsp3) is 0.938. The topological polar surface area (TPSA) is 70.6 Å². The van der Waals surface area contributed by atoms with Crippen LogP contribution in [0.1, 0.15) is 46.0 Å². The molecule has 136 valence electrons. The average Bonchev–Trinajstić information content (AvgIpc) is 3.29. The summed E-state index contributed by atoms with van der Waals surface area (Å²) in [7, 11) is -2.90. The molecule has 2 saturated carbocycles. The van der Waals surface area contributed by atoms with Crippen LogP contribution in [0, 0.1) is 17.8 Å². The van der Waals surface area contributed by atoms with E-state index in [0.29, 0.717) is 6.42 Å². The Morgan fingerprint density at radius 1 is 1.22 bits per heavy atom. The highest BCUT2D eigenvalue weighted by molar-refractivity contribution is 14.0. The zero-order valence-electron chi connectivity index (χ0n) is 14.5. The Morgan fingerprint density at radius 2 is 1.78 bits per heavy atom. The quantitative estimate of drug-likeness (QED) is 0.317. The van der Waals surface area contributed by atoms with Crippen LogP contribution in [-0.4, -0.2) is 45.5 Å². The molecule has 0 amide bonds. The van der Waals surface area contributed by atoms with Gasteiger partial charge in [-0.3, -0.25) is 4.99 Å². The van der Waals surface area contributed by atoms with Crippen molar-refractivity contribution in [2.24, 2.45) is 22.7 Å². The molecule has 2 fully saturated rings. The second-order valence-electron chi connectivity index (χ2n) is 7.02. The molecule has 2 aliphatic rings. The fourth-order valence-corrected chi connectivity index (χ4v) is 3.73. The van der Waals surface area contributed by atoms with Gasteiger partial charge < -0.3 is 10.6 Å². The smallest absolute Gasteiger partial charge is 0.191 e. The van der Waals surface area contributed by atoms with Crippen molar-refractivity contribution in [2.75, 3.05) is 25.1 Å². The number of sulfone groups is 1. The van der Waals surface area contributed by atoms with E-state index in [1.165, 1.54) is 31.9 Å². The highest BCUT2D eigenvalue weighted by Crippen LogP contribution is 2.49. The molecule has 0 heterocycles. The standard InChI is InChI=1S/C16H31N3O2S.HI/c1-4-17-16(19-12(2)9-10-22(3,20)21)18-11-15(13-5-6-13)14-7-8-14;/h12-15H,4-11H2,1-3H3,(H2,17,18,19);1H. The van der Waals surface area contributed by atoms with Gasteiger partial charge >= 0.3 is 0 Å². The van der Waals surface area contributed by atoms with E-state index in [1.54, 1.807) is 0 Å². The van der Waals surface area contributed by atoms with Crippen LogP contribution >= 0.6 is 24.0 Å². The van der Waals surface area contributed by atoms with Gasteiger partial charge in [-0.1, -0.05) is 0 Å². The summed E-state index contributed by atoms with van der Waals surface area (Å²) >= 11 is 0. The largest absolute Gasteiger partial charge is 0.357 e. The Hall–Kier alpha value is -0.0500. The van der Waals surface area contributed by atoms with Crippen LogP contribution in [0.25, 0.3) is 0 Å². The number of rotatable bonds is 9. The van der Waals surface area contributed by atoms with Gasteiger partial charge in [0.25, 0.3) is 0 Å². The molecule has 0 radical (unpaired) electrons. The van der Waals surface area contributed by atoms with Crippen LogP contribution < -0.4 is 10.6 Å². The molecule has 0 saturated heterocycles. The van der Waals surface area contributed by atoms with E-state index >= 15 is 0 Å². The molecule has 2 rings (SSSR count). The van der Waals surface area contributed by atoms with Gasteiger partial charge in [-0.15, -0.1) is 24.0 Å². The van der Waals surface area contributed by atoms with E-state index in [2.05, 4.69) is 17.6 Å². The molecular formula is C16H32IN3O2S. The van der Waals surface area contributed by atoms with Crippen LogP contribution in [0.4, 0.5) is 0 Å². The zero-order valence-corrected chi connectivity index (χ0v) is 17.7. The molecular weight excluding hydrogens is 425 g/mol. The lowest BCUT2D eigenvalue weighted by atomic mass is 9.98. The van der Waals surface area contributed by atoms with Crippen LogP contribution in [0.15, 0.2) is 4.99 Å². The molecule has 2 N–H and O–H groups in total. The number of halogens is 1. The SMILES string of the molecule is CCNC(=NCC(C1CC1)C1CC1)NC(C)CCS(C)(=O)=O.I. The lowest BCUT2D eigenvalue weighted by Crippen LogP contribution is -2.43. The Labute approximate surface area is 158 Å². The van der Waals surface area contributed by atoms with Gasteiger partial charge in [0, 0.05) is 25.4 Å². The number of nitrogens with zero attached hydrogens (tertiary/aromatic N) is 1. The predicted molar refractivity (Wildman–Crippen MR) is 107 cm³/mol. The first-order chi connectivity index (χ1) is 10.4. The Balaban J connectivity index is 0.00000264. The highest BCUT2D eigenvalue weighted by atomic mass is 127. The maximum atomic E-state index is 11.3. The molecule has 0 bridgehead atoms. The van der Waals surface area contributed by atoms with Crippen molar-refractivity contribution in [3.05, 3.63) is 0 Å². The molecule has 7 heteroatoms. The maximum absolute atomic E-state index is 11.3. The van der Waals surface area contributed by atoms with E-state index in [4.69, 9.17) is 4.99 Å². The summed E-state index contributed by atoms with van der Waals surface area (Å²) in [5, 5.41) is 6.61. The van der Waals surface area contributed by atoms with E-state index in [0.717, 1.165) is 36.8 Å². The normalized spacial score (nSPS) is 20.1. The van der Waals surface area contributed by atoms with Gasteiger partial charge in [0.15, 0.2) is 5.96 Å². The Bertz CT molecular complexity index is 476. The Kier molecular flexibility index (Phi) is 8.61. The predicted octanol–water partition coefficient (Wildman–Crippen LogP) is 2.42. The third-order valence-corrected chi connectivity index (χ3v) is 5.54. The highest BCUT2D eigenvalue weighted by Gasteiger charge is 2.41. The van der Waals surface area contributed by atoms with Gasteiger partial charge in [0.05, 0.1) is 5.75 Å². The summed E-state index contributed by atoms with van der Waals surface area (Å²) in [5.74, 6) is 3.62. The van der Waals surface area contributed by atoms with Gasteiger partial charge in [-0.25, -0.2) is 8.42 Å². The average molecular weight is 457 g/mol. The first kappa shape index (κ1) is 21.0. The van der Waals surface area contributed by atoms with Crippen LogP contribution in [0.3, 0.4) is 0 Å². The molecule has 0 spiro atoms. The van der Waals surface area contributed by atoms with E-state index in [-0.39, 0.29) is 35.8 Å². The van der Waals surface area contributed by atoms with Crippen molar-refractivity contribution in [3.8, 4) is 0 Å². The number of aliphatic imine (C=N–C) groups is 1. The zero-order chi connectivity index (χ0) is 16.2. The number of guanidine groups is 1. The van der Waals surface area contributed by atoms with Gasteiger partial charge in [-0.2, -0.15) is 0 Å². The summed E-state index contributed by atoms with van der Waals surface area (Å²) in [6.07, 6.45) is 7.42. The van der Waals surface area contributed by atoms with Gasteiger partial charge in [-0.05, 0) is 63.7 Å². The maximum Gasteiger partial charge on any atom is 0.191 e. The Morgan fingerprint density at radius 3 is 2.22 bits per heavy atom. The van der Waals surface area contributed by atoms with E-state index in [9.17, 15) is 8.42 Å². The lowest BCUT2D eigenvalue weighted by molar-refractivity contribution is 0.416. The minimum absolute atomic E-state index is 0. The van der Waals surface area contributed by atoms with Crippen molar-refractivity contribution in [1.82, 2.24) is 10.6 Å². The summed E-state index contributed by atoms with van der Waals surface area (Å²) in [6.45, 7) is 5.79. The molecule has 0 aromatic rings. The third-order valence-electron chi connectivity index (χ3n) is 4.56. The monoisotopic (exact) mass is 457 g/mol. The minimum Gasteiger partial charge on any atom is -0.357 e. The first-order valence-corrected chi connectivity index (χ1v) is 10.7. The molecule has 2 aliphatic carbocycles. The minimum atomic E-state index is -2.90. The van der Waals surface area contributed by atoms with Crippen LogP contribution in [0.5, 0.6) is 0 Å². The molecule has 0 aliphatic heterocycles. The number of nitrogens with one attached hydrogen (secondary N) is 2. The lowest BCUT2D eigenvalue weighted by Gasteiger charge is -2.19. The molecule has 1 unspecified atom stereocenters. The third kappa shape index (κ3) is 8.56. The fourth-order valence-electron chi connectivity index (χ4n) is 2.94. The molecule has 1 atom stereocenters. The second kappa shape index (κ2) is 9.44. The summed E-state index contributed by atoms with van der Waals surface area (Å²) in [5.41, 5.74) is 0. The first-order valence-electron chi connectivity index (χ1n) is 8.61. The number of hydrogen-bond donors (Lipinski definition) is 2. The van der Waals surface area contributed by atoms with Crippen molar-refractivity contribution < 1.29 is 8.42 Å². The van der Waals surface area contributed by atoms with Crippen molar-refractivity contribution in [3.63, 3.8) is 0 Å². The second-order valence-corrected chi connectivity index (χ2v) is 9.28. The summed E-state index contributed by atoms with van der Waals surface area (Å²) in [6, 6.07) is 0.104.